The summed E-state index contributed by atoms with van der Waals surface area (Å²) in [4.78, 5) is 19.6. The van der Waals surface area contributed by atoms with Gasteiger partial charge in [0.15, 0.2) is 11.5 Å². The lowest BCUT2D eigenvalue weighted by atomic mass is 9.97. The fourth-order valence-corrected chi connectivity index (χ4v) is 5.45. The van der Waals surface area contributed by atoms with Crippen LogP contribution < -0.4 is 15.0 Å². The SMILES string of the molecule is CCOc1c(I)cc(/C=N\n2cnc3sc4c(c3c2=O)CCCC4)cc1OC. The first-order valence-corrected chi connectivity index (χ1v) is 11.1. The number of rotatable bonds is 5. The van der Waals surface area contributed by atoms with Gasteiger partial charge in [-0.05, 0) is 78.5 Å². The Morgan fingerprint density at radius 1 is 1.36 bits per heavy atom. The second kappa shape index (κ2) is 8.20. The van der Waals surface area contributed by atoms with Crippen molar-refractivity contribution in [1.29, 1.82) is 0 Å². The Bertz CT molecular complexity index is 1120. The molecule has 3 aromatic rings. The summed E-state index contributed by atoms with van der Waals surface area (Å²) in [6.45, 7) is 2.50. The normalized spacial score (nSPS) is 13.8. The minimum absolute atomic E-state index is 0.103. The summed E-state index contributed by atoms with van der Waals surface area (Å²) >= 11 is 3.85. The number of halogens is 1. The number of aryl methyl sites for hydroxylation is 2. The van der Waals surface area contributed by atoms with Gasteiger partial charge in [0.2, 0.25) is 0 Å². The summed E-state index contributed by atoms with van der Waals surface area (Å²) in [6, 6.07) is 3.79. The number of nitrogens with zero attached hydrogens (tertiary/aromatic N) is 3. The molecule has 0 spiro atoms. The maximum absolute atomic E-state index is 13.0. The molecule has 6 nitrogen and oxygen atoms in total. The number of fused-ring (bicyclic) bond motifs is 3. The van der Waals surface area contributed by atoms with E-state index in [1.54, 1.807) is 24.7 Å². The van der Waals surface area contributed by atoms with E-state index in [0.717, 1.165) is 38.6 Å². The zero-order chi connectivity index (χ0) is 19.7. The molecule has 0 N–H and O–H groups in total. The van der Waals surface area contributed by atoms with E-state index in [1.807, 2.05) is 19.1 Å². The number of benzene rings is 1. The molecule has 8 heteroatoms. The highest BCUT2D eigenvalue weighted by Gasteiger charge is 2.19. The number of ether oxygens (including phenoxy) is 2. The lowest BCUT2D eigenvalue weighted by Gasteiger charge is -2.12. The van der Waals surface area contributed by atoms with Gasteiger partial charge in [0.25, 0.3) is 5.56 Å². The monoisotopic (exact) mass is 509 g/mol. The van der Waals surface area contributed by atoms with Crippen LogP contribution in [-0.2, 0) is 12.8 Å². The molecule has 0 atom stereocenters. The van der Waals surface area contributed by atoms with Gasteiger partial charge in [-0.2, -0.15) is 9.78 Å². The fraction of sp³-hybridized carbons (Fsp3) is 0.350. The zero-order valence-electron chi connectivity index (χ0n) is 15.7. The third-order valence-electron chi connectivity index (χ3n) is 4.73. The highest BCUT2D eigenvalue weighted by atomic mass is 127. The van der Waals surface area contributed by atoms with Crippen molar-refractivity contribution in [2.24, 2.45) is 5.10 Å². The average molecular weight is 509 g/mol. The first-order chi connectivity index (χ1) is 13.6. The van der Waals surface area contributed by atoms with Crippen molar-refractivity contribution in [3.63, 3.8) is 0 Å². The Morgan fingerprint density at radius 2 is 2.18 bits per heavy atom. The van der Waals surface area contributed by atoms with Crippen molar-refractivity contribution >= 4 is 50.4 Å². The molecule has 146 valence electrons. The minimum Gasteiger partial charge on any atom is -0.493 e. The number of aromatic nitrogens is 2. The third-order valence-corrected chi connectivity index (χ3v) is 6.73. The van der Waals surface area contributed by atoms with Crippen molar-refractivity contribution < 1.29 is 9.47 Å². The van der Waals surface area contributed by atoms with Gasteiger partial charge in [0, 0.05) is 4.88 Å². The third kappa shape index (κ3) is 3.55. The van der Waals surface area contributed by atoms with E-state index in [1.165, 1.54) is 27.9 Å². The molecule has 2 heterocycles. The molecule has 0 radical (unpaired) electrons. The molecule has 1 aliphatic carbocycles. The van der Waals surface area contributed by atoms with Gasteiger partial charge in [-0.25, -0.2) is 4.98 Å². The van der Waals surface area contributed by atoms with E-state index in [2.05, 4.69) is 32.7 Å². The quantitative estimate of drug-likeness (QED) is 0.382. The molecule has 0 amide bonds. The van der Waals surface area contributed by atoms with Crippen molar-refractivity contribution in [2.75, 3.05) is 13.7 Å². The molecule has 0 aliphatic heterocycles. The molecule has 2 aromatic heterocycles. The second-order valence-electron chi connectivity index (χ2n) is 6.50. The molecular formula is C20H20IN3O3S. The Hall–Kier alpha value is -1.94. The maximum Gasteiger partial charge on any atom is 0.282 e. The number of thiophene rings is 1. The molecule has 28 heavy (non-hydrogen) atoms. The minimum atomic E-state index is -0.103. The van der Waals surface area contributed by atoms with Crippen LogP contribution in [0.1, 0.15) is 35.8 Å². The summed E-state index contributed by atoms with van der Waals surface area (Å²) in [5.74, 6) is 1.36. The number of hydrogen-bond donors (Lipinski definition) is 0. The standard InChI is InChI=1S/C20H20IN3O3S/c1-3-27-18-14(21)8-12(9-15(18)26-2)10-23-24-11-22-19-17(20(24)25)13-6-4-5-7-16(13)28-19/h8-11H,3-7H2,1-2H3/b23-10-. The van der Waals surface area contributed by atoms with Crippen molar-refractivity contribution in [1.82, 2.24) is 9.66 Å². The van der Waals surface area contributed by atoms with Crippen molar-refractivity contribution in [3.8, 4) is 11.5 Å². The highest BCUT2D eigenvalue weighted by molar-refractivity contribution is 14.1. The fourth-order valence-electron chi connectivity index (χ4n) is 3.45. The van der Waals surface area contributed by atoms with Gasteiger partial charge < -0.3 is 9.47 Å². The Balaban J connectivity index is 1.72. The van der Waals surface area contributed by atoms with E-state index < -0.39 is 0 Å². The van der Waals surface area contributed by atoms with E-state index in [0.29, 0.717) is 18.1 Å². The van der Waals surface area contributed by atoms with Crippen LogP contribution in [0.5, 0.6) is 11.5 Å². The van der Waals surface area contributed by atoms with Crippen LogP contribution in [0.4, 0.5) is 0 Å². The molecule has 0 unspecified atom stereocenters. The molecule has 0 fully saturated rings. The van der Waals surface area contributed by atoms with Crippen LogP contribution >= 0.6 is 33.9 Å². The van der Waals surface area contributed by atoms with Gasteiger partial charge >= 0.3 is 0 Å². The Morgan fingerprint density at radius 3 is 2.96 bits per heavy atom. The topological polar surface area (TPSA) is 65.7 Å². The molecule has 0 saturated carbocycles. The first kappa shape index (κ1) is 19.4. The van der Waals surface area contributed by atoms with Crippen LogP contribution in [0.15, 0.2) is 28.4 Å². The molecule has 4 rings (SSSR count). The summed E-state index contributed by atoms with van der Waals surface area (Å²) in [7, 11) is 1.61. The largest absolute Gasteiger partial charge is 0.493 e. The summed E-state index contributed by atoms with van der Waals surface area (Å²) in [5, 5.41) is 5.10. The molecule has 1 aliphatic rings. The summed E-state index contributed by atoms with van der Waals surface area (Å²) in [5.41, 5.74) is 1.89. The van der Waals surface area contributed by atoms with Crippen LogP contribution in [0.25, 0.3) is 10.2 Å². The van der Waals surface area contributed by atoms with Crippen LogP contribution in [0.3, 0.4) is 0 Å². The van der Waals surface area contributed by atoms with Crippen LogP contribution in [0, 0.1) is 3.57 Å². The van der Waals surface area contributed by atoms with Gasteiger partial charge in [-0.15, -0.1) is 11.3 Å². The van der Waals surface area contributed by atoms with Crippen LogP contribution in [-0.4, -0.2) is 29.6 Å². The van der Waals surface area contributed by atoms with Crippen molar-refractivity contribution in [2.45, 2.75) is 32.6 Å². The first-order valence-electron chi connectivity index (χ1n) is 9.19. The van der Waals surface area contributed by atoms with E-state index in [9.17, 15) is 4.79 Å². The van der Waals surface area contributed by atoms with E-state index in [-0.39, 0.29) is 5.56 Å². The highest BCUT2D eigenvalue weighted by Crippen LogP contribution is 2.34. The molecule has 1 aromatic carbocycles. The average Bonchev–Trinajstić information content (AvgIpc) is 3.08. The lowest BCUT2D eigenvalue weighted by molar-refractivity contribution is 0.308. The van der Waals surface area contributed by atoms with Gasteiger partial charge in [-0.1, -0.05) is 0 Å². The second-order valence-corrected chi connectivity index (χ2v) is 8.74. The van der Waals surface area contributed by atoms with Crippen LogP contribution in [0.2, 0.25) is 0 Å². The zero-order valence-corrected chi connectivity index (χ0v) is 18.7. The van der Waals surface area contributed by atoms with Gasteiger partial charge in [-0.3, -0.25) is 4.79 Å². The predicted molar refractivity (Wildman–Crippen MR) is 120 cm³/mol. The molecule has 0 bridgehead atoms. The van der Waals surface area contributed by atoms with Gasteiger partial charge in [0.05, 0.1) is 28.9 Å². The maximum atomic E-state index is 13.0. The number of methoxy groups -OCH3 is 1. The molecule has 0 saturated heterocycles. The Labute approximate surface area is 180 Å². The van der Waals surface area contributed by atoms with E-state index >= 15 is 0 Å². The molecular weight excluding hydrogens is 489 g/mol. The van der Waals surface area contributed by atoms with Crippen molar-refractivity contribution in [3.05, 3.63) is 48.4 Å². The lowest BCUT2D eigenvalue weighted by Crippen LogP contribution is -2.18. The predicted octanol–water partition coefficient (Wildman–Crippen LogP) is 4.23. The Kier molecular flexibility index (Phi) is 5.68. The van der Waals surface area contributed by atoms with Gasteiger partial charge in [0.1, 0.15) is 11.2 Å². The number of hydrogen-bond acceptors (Lipinski definition) is 6. The van der Waals surface area contributed by atoms with E-state index in [4.69, 9.17) is 9.47 Å². The smallest absolute Gasteiger partial charge is 0.282 e. The summed E-state index contributed by atoms with van der Waals surface area (Å²) in [6.07, 6.45) is 7.46. The summed E-state index contributed by atoms with van der Waals surface area (Å²) < 4.78 is 13.3.